The molecule has 4 atom stereocenters. The number of aliphatic hydroxyl groups excluding tert-OH is 1. The molecule has 0 saturated carbocycles. The molecule has 1 aliphatic heterocycles. The van der Waals surface area contributed by atoms with E-state index in [0.717, 1.165) is 27.4 Å². The first-order chi connectivity index (χ1) is 16.7. The standard InChI is InChI=1S/C26H33N5O3S/c1-14(2)23(21-10-15(3)29-30-21)26(34)31-12-20(32)11-22(31)25(33)28-16(4)18-6-8-19(9-7-18)24-17(5)27-13-35-24/h6-10,13-14,16,20,22-23,32H,11-12H2,1-5H3,(H,28,33)(H,29,30)/t16-,20+,22-,23?/m0/s1. The van der Waals surface area contributed by atoms with Gasteiger partial charge < -0.3 is 15.3 Å². The maximum Gasteiger partial charge on any atom is 0.243 e. The van der Waals surface area contributed by atoms with Gasteiger partial charge in [-0.3, -0.25) is 14.7 Å². The van der Waals surface area contributed by atoms with Crippen LogP contribution in [0.4, 0.5) is 0 Å². The second-order valence-electron chi connectivity index (χ2n) is 9.71. The summed E-state index contributed by atoms with van der Waals surface area (Å²) in [5, 5.41) is 20.6. The molecule has 35 heavy (non-hydrogen) atoms. The molecule has 0 aliphatic carbocycles. The minimum Gasteiger partial charge on any atom is -0.391 e. The Morgan fingerprint density at radius 3 is 2.49 bits per heavy atom. The minimum atomic E-state index is -0.735. The third-order valence-electron chi connectivity index (χ3n) is 6.62. The van der Waals surface area contributed by atoms with Crippen LogP contribution < -0.4 is 5.32 Å². The van der Waals surface area contributed by atoms with Gasteiger partial charge in [-0.1, -0.05) is 38.1 Å². The summed E-state index contributed by atoms with van der Waals surface area (Å²) < 4.78 is 0. The van der Waals surface area contributed by atoms with Crippen molar-refractivity contribution in [3.63, 3.8) is 0 Å². The maximum atomic E-state index is 13.6. The number of H-pyrrole nitrogens is 1. The maximum absolute atomic E-state index is 13.6. The number of likely N-dealkylation sites (tertiary alicyclic amines) is 1. The van der Waals surface area contributed by atoms with Crippen LogP contribution in [0.2, 0.25) is 0 Å². The van der Waals surface area contributed by atoms with Gasteiger partial charge in [-0.25, -0.2) is 4.98 Å². The summed E-state index contributed by atoms with van der Waals surface area (Å²) in [4.78, 5) is 33.8. The molecule has 8 nitrogen and oxygen atoms in total. The van der Waals surface area contributed by atoms with E-state index in [9.17, 15) is 14.7 Å². The first kappa shape index (κ1) is 25.1. The van der Waals surface area contributed by atoms with Crippen LogP contribution in [0.1, 0.15) is 61.8 Å². The van der Waals surface area contributed by atoms with Gasteiger partial charge in [-0.2, -0.15) is 5.10 Å². The highest BCUT2D eigenvalue weighted by molar-refractivity contribution is 7.13. The Hall–Kier alpha value is -3.04. The fraction of sp³-hybridized carbons (Fsp3) is 0.462. The molecule has 1 aromatic carbocycles. The molecule has 0 bridgehead atoms. The van der Waals surface area contributed by atoms with Gasteiger partial charge in [0.25, 0.3) is 0 Å². The third-order valence-corrected chi connectivity index (χ3v) is 7.60. The first-order valence-electron chi connectivity index (χ1n) is 12.0. The van der Waals surface area contributed by atoms with Crippen LogP contribution in [0.5, 0.6) is 0 Å². The lowest BCUT2D eigenvalue weighted by molar-refractivity contribution is -0.140. The van der Waals surface area contributed by atoms with Crippen molar-refractivity contribution >= 4 is 23.2 Å². The summed E-state index contributed by atoms with van der Waals surface area (Å²) in [6.45, 7) is 9.87. The Morgan fingerprint density at radius 1 is 1.20 bits per heavy atom. The number of rotatable bonds is 7. The lowest BCUT2D eigenvalue weighted by Crippen LogP contribution is -2.48. The van der Waals surface area contributed by atoms with Crippen molar-refractivity contribution in [1.29, 1.82) is 0 Å². The molecule has 1 unspecified atom stereocenters. The second kappa shape index (κ2) is 10.3. The van der Waals surface area contributed by atoms with Crippen LogP contribution >= 0.6 is 11.3 Å². The molecular weight excluding hydrogens is 462 g/mol. The highest BCUT2D eigenvalue weighted by Crippen LogP contribution is 2.31. The largest absolute Gasteiger partial charge is 0.391 e. The summed E-state index contributed by atoms with van der Waals surface area (Å²) >= 11 is 1.60. The molecular formula is C26H33N5O3S. The lowest BCUT2D eigenvalue weighted by atomic mass is 9.90. The molecule has 0 spiro atoms. The Bertz CT molecular complexity index is 1190. The number of aromatic nitrogens is 3. The van der Waals surface area contributed by atoms with Crippen molar-refractivity contribution in [2.45, 2.75) is 65.1 Å². The fourth-order valence-corrected chi connectivity index (χ4v) is 5.54. The Kier molecular flexibility index (Phi) is 7.37. The summed E-state index contributed by atoms with van der Waals surface area (Å²) in [7, 11) is 0. The third kappa shape index (κ3) is 5.31. The molecule has 2 aromatic heterocycles. The van der Waals surface area contributed by atoms with Gasteiger partial charge in [0.2, 0.25) is 11.8 Å². The topological polar surface area (TPSA) is 111 Å². The molecule has 186 valence electrons. The van der Waals surface area contributed by atoms with Crippen molar-refractivity contribution in [2.75, 3.05) is 6.54 Å². The number of nitrogens with zero attached hydrogens (tertiary/aromatic N) is 3. The molecule has 3 aromatic rings. The smallest absolute Gasteiger partial charge is 0.243 e. The number of carbonyl (C=O) groups excluding carboxylic acids is 2. The van der Waals surface area contributed by atoms with Gasteiger partial charge in [-0.15, -0.1) is 11.3 Å². The Labute approximate surface area is 209 Å². The van der Waals surface area contributed by atoms with E-state index < -0.39 is 18.1 Å². The van der Waals surface area contributed by atoms with E-state index in [4.69, 9.17) is 0 Å². The SMILES string of the molecule is Cc1cc(C(C(=O)N2C[C@H](O)C[C@H]2C(=O)N[C@@H](C)c2ccc(-c3scnc3C)cc2)C(C)C)n[nH]1. The molecule has 3 heterocycles. The van der Waals surface area contributed by atoms with Crippen LogP contribution in [0, 0.1) is 19.8 Å². The number of hydrogen-bond acceptors (Lipinski definition) is 6. The van der Waals surface area contributed by atoms with Crippen LogP contribution in [-0.4, -0.2) is 55.7 Å². The van der Waals surface area contributed by atoms with Gasteiger partial charge in [0.15, 0.2) is 0 Å². The zero-order valence-corrected chi connectivity index (χ0v) is 21.6. The predicted molar refractivity (Wildman–Crippen MR) is 136 cm³/mol. The Balaban J connectivity index is 1.47. The normalized spacial score (nSPS) is 19.7. The second-order valence-corrected chi connectivity index (χ2v) is 10.6. The van der Waals surface area contributed by atoms with Gasteiger partial charge in [-0.05, 0) is 43.9 Å². The van der Waals surface area contributed by atoms with Gasteiger partial charge >= 0.3 is 0 Å². The number of aryl methyl sites for hydroxylation is 2. The summed E-state index contributed by atoms with van der Waals surface area (Å²) in [5.74, 6) is -0.933. The summed E-state index contributed by atoms with van der Waals surface area (Å²) in [5.41, 5.74) is 6.43. The van der Waals surface area contributed by atoms with E-state index >= 15 is 0 Å². The molecule has 0 radical (unpaired) electrons. The zero-order valence-electron chi connectivity index (χ0n) is 20.8. The number of amides is 2. The molecule has 1 aliphatic rings. The van der Waals surface area contributed by atoms with Gasteiger partial charge in [0.05, 0.1) is 39.8 Å². The molecule has 3 N–H and O–H groups in total. The van der Waals surface area contributed by atoms with E-state index in [1.54, 1.807) is 11.3 Å². The fourth-order valence-electron chi connectivity index (χ4n) is 4.73. The monoisotopic (exact) mass is 495 g/mol. The van der Waals surface area contributed by atoms with Crippen LogP contribution in [-0.2, 0) is 9.59 Å². The van der Waals surface area contributed by atoms with Crippen molar-refractivity contribution in [3.05, 3.63) is 58.5 Å². The highest BCUT2D eigenvalue weighted by Gasteiger charge is 2.43. The average molecular weight is 496 g/mol. The number of aromatic amines is 1. The van der Waals surface area contributed by atoms with E-state index in [2.05, 4.69) is 20.5 Å². The van der Waals surface area contributed by atoms with Crippen molar-refractivity contribution in [2.24, 2.45) is 5.92 Å². The van der Waals surface area contributed by atoms with Crippen molar-refractivity contribution in [3.8, 4) is 10.4 Å². The molecule has 2 amide bonds. The van der Waals surface area contributed by atoms with Crippen molar-refractivity contribution in [1.82, 2.24) is 25.4 Å². The zero-order chi connectivity index (χ0) is 25.3. The number of benzene rings is 1. The van der Waals surface area contributed by atoms with E-state index in [0.29, 0.717) is 5.69 Å². The predicted octanol–water partition coefficient (Wildman–Crippen LogP) is 3.73. The summed E-state index contributed by atoms with van der Waals surface area (Å²) in [6, 6.07) is 8.97. The van der Waals surface area contributed by atoms with Crippen LogP contribution in [0.15, 0.2) is 35.8 Å². The minimum absolute atomic E-state index is 0.00808. The lowest BCUT2D eigenvalue weighted by Gasteiger charge is -2.30. The number of nitrogens with one attached hydrogen (secondary N) is 2. The number of thiazole rings is 1. The van der Waals surface area contributed by atoms with Gasteiger partial charge in [0.1, 0.15) is 6.04 Å². The van der Waals surface area contributed by atoms with Gasteiger partial charge in [0, 0.05) is 18.7 Å². The van der Waals surface area contributed by atoms with Crippen LogP contribution in [0.25, 0.3) is 10.4 Å². The van der Waals surface area contributed by atoms with E-state index in [-0.39, 0.29) is 36.7 Å². The molecule has 1 fully saturated rings. The van der Waals surface area contributed by atoms with Crippen LogP contribution in [0.3, 0.4) is 0 Å². The number of carbonyl (C=O) groups is 2. The highest BCUT2D eigenvalue weighted by atomic mass is 32.1. The van der Waals surface area contributed by atoms with E-state index in [1.807, 2.05) is 70.5 Å². The Morgan fingerprint density at radius 2 is 1.91 bits per heavy atom. The first-order valence-corrected chi connectivity index (χ1v) is 12.8. The number of hydrogen-bond donors (Lipinski definition) is 3. The quantitative estimate of drug-likeness (QED) is 0.463. The molecule has 4 rings (SSSR count). The van der Waals surface area contributed by atoms with E-state index in [1.165, 1.54) is 4.90 Å². The molecule has 1 saturated heterocycles. The molecule has 9 heteroatoms. The number of aliphatic hydroxyl groups is 1. The van der Waals surface area contributed by atoms with Crippen molar-refractivity contribution < 1.29 is 14.7 Å². The summed E-state index contributed by atoms with van der Waals surface area (Å²) in [6.07, 6.45) is -0.515. The average Bonchev–Trinajstić information content (AvgIpc) is 3.53. The number of β-amino-alcohol motifs (C(OH)–C–C–N with tert-alkyl or cyclic N) is 1.